The molecule has 2 rings (SSSR count). The molecule has 1 saturated heterocycles. The normalized spacial score (nSPS) is 17.4. The summed E-state index contributed by atoms with van der Waals surface area (Å²) in [5.41, 5.74) is 1.53. The molecule has 94 valence electrons. The van der Waals surface area contributed by atoms with Crippen LogP contribution in [-0.2, 0) is 6.42 Å². The van der Waals surface area contributed by atoms with Crippen LogP contribution in [0.1, 0.15) is 11.1 Å². The molecule has 1 aromatic carbocycles. The molecule has 0 spiro atoms. The van der Waals surface area contributed by atoms with Crippen molar-refractivity contribution in [2.45, 2.75) is 13.3 Å². The highest BCUT2D eigenvalue weighted by molar-refractivity contribution is 9.10. The summed E-state index contributed by atoms with van der Waals surface area (Å²) in [5.74, 6) is -0.0606. The van der Waals surface area contributed by atoms with Gasteiger partial charge in [-0.3, -0.25) is 0 Å². The average Bonchev–Trinajstić information content (AvgIpc) is 2.36. The van der Waals surface area contributed by atoms with Crippen molar-refractivity contribution >= 4 is 15.9 Å². The number of halogens is 2. The van der Waals surface area contributed by atoms with Crippen LogP contribution in [0, 0.1) is 12.7 Å². The fourth-order valence-electron chi connectivity index (χ4n) is 2.12. The van der Waals surface area contributed by atoms with Gasteiger partial charge >= 0.3 is 0 Å². The van der Waals surface area contributed by atoms with Gasteiger partial charge in [0.1, 0.15) is 5.82 Å². The number of nitrogens with zero attached hydrogens (tertiary/aromatic N) is 1. The molecule has 1 aliphatic rings. The van der Waals surface area contributed by atoms with Crippen LogP contribution in [0.25, 0.3) is 0 Å². The summed E-state index contributed by atoms with van der Waals surface area (Å²) in [6, 6.07) is 3.82. The topological polar surface area (TPSA) is 15.3 Å². The lowest BCUT2D eigenvalue weighted by molar-refractivity contribution is 0.243. The second-order valence-electron chi connectivity index (χ2n) is 4.49. The van der Waals surface area contributed by atoms with E-state index in [0.717, 1.165) is 49.2 Å². The van der Waals surface area contributed by atoms with Gasteiger partial charge in [-0.25, -0.2) is 4.39 Å². The van der Waals surface area contributed by atoms with Gasteiger partial charge in [0, 0.05) is 37.2 Å². The molecule has 0 amide bonds. The van der Waals surface area contributed by atoms with E-state index in [1.807, 2.05) is 19.1 Å². The van der Waals surface area contributed by atoms with Gasteiger partial charge in [-0.05, 0) is 30.5 Å². The Balaban J connectivity index is 1.96. The van der Waals surface area contributed by atoms with E-state index in [2.05, 4.69) is 26.1 Å². The number of hydrogen-bond acceptors (Lipinski definition) is 2. The Labute approximate surface area is 110 Å². The molecular formula is C13H18BrFN2. The van der Waals surface area contributed by atoms with Crippen LogP contribution in [0.5, 0.6) is 0 Å². The van der Waals surface area contributed by atoms with Crippen molar-refractivity contribution in [2.24, 2.45) is 0 Å². The van der Waals surface area contributed by atoms with E-state index < -0.39 is 0 Å². The summed E-state index contributed by atoms with van der Waals surface area (Å²) >= 11 is 3.35. The average molecular weight is 301 g/mol. The van der Waals surface area contributed by atoms with E-state index >= 15 is 0 Å². The molecule has 0 unspecified atom stereocenters. The van der Waals surface area contributed by atoms with Crippen LogP contribution in [0.3, 0.4) is 0 Å². The number of nitrogens with one attached hydrogen (secondary N) is 1. The summed E-state index contributed by atoms with van der Waals surface area (Å²) in [4.78, 5) is 2.38. The van der Waals surface area contributed by atoms with Gasteiger partial charge in [0.2, 0.25) is 0 Å². The van der Waals surface area contributed by atoms with Crippen molar-refractivity contribution in [1.29, 1.82) is 0 Å². The first-order valence-electron chi connectivity index (χ1n) is 6.05. The van der Waals surface area contributed by atoms with Crippen LogP contribution in [0.2, 0.25) is 0 Å². The van der Waals surface area contributed by atoms with E-state index in [0.29, 0.717) is 5.56 Å². The van der Waals surface area contributed by atoms with E-state index in [4.69, 9.17) is 0 Å². The van der Waals surface area contributed by atoms with Gasteiger partial charge in [0.05, 0.1) is 0 Å². The quantitative estimate of drug-likeness (QED) is 0.922. The van der Waals surface area contributed by atoms with Gasteiger partial charge in [-0.1, -0.05) is 22.0 Å². The summed E-state index contributed by atoms with van der Waals surface area (Å²) in [6.45, 7) is 6.98. The molecule has 0 bridgehead atoms. The maximum Gasteiger partial charge on any atom is 0.130 e. The molecule has 1 aromatic rings. The second kappa shape index (κ2) is 5.94. The van der Waals surface area contributed by atoms with E-state index in [9.17, 15) is 4.39 Å². The molecule has 17 heavy (non-hydrogen) atoms. The highest BCUT2D eigenvalue weighted by Gasteiger charge is 2.12. The SMILES string of the molecule is Cc1c(Br)ccc(CCN2CCNCC2)c1F. The molecule has 1 fully saturated rings. The fraction of sp³-hybridized carbons (Fsp3) is 0.538. The first-order chi connectivity index (χ1) is 8.18. The monoisotopic (exact) mass is 300 g/mol. The van der Waals surface area contributed by atoms with Crippen molar-refractivity contribution in [3.8, 4) is 0 Å². The van der Waals surface area contributed by atoms with Crippen LogP contribution in [-0.4, -0.2) is 37.6 Å². The zero-order valence-electron chi connectivity index (χ0n) is 10.1. The molecule has 0 aliphatic carbocycles. The van der Waals surface area contributed by atoms with Crippen molar-refractivity contribution in [3.05, 3.63) is 33.5 Å². The number of hydrogen-bond donors (Lipinski definition) is 1. The molecule has 0 radical (unpaired) electrons. The second-order valence-corrected chi connectivity index (χ2v) is 5.34. The van der Waals surface area contributed by atoms with Crippen LogP contribution < -0.4 is 5.32 Å². The van der Waals surface area contributed by atoms with Crippen molar-refractivity contribution in [2.75, 3.05) is 32.7 Å². The molecule has 0 atom stereocenters. The highest BCUT2D eigenvalue weighted by Crippen LogP contribution is 2.22. The Bertz CT molecular complexity index is 389. The first-order valence-corrected chi connectivity index (χ1v) is 6.84. The Morgan fingerprint density at radius 3 is 2.76 bits per heavy atom. The molecule has 0 saturated carbocycles. The maximum atomic E-state index is 14.0. The Hall–Kier alpha value is -0.450. The molecule has 4 heteroatoms. The molecule has 1 N–H and O–H groups in total. The first kappa shape index (κ1) is 13.0. The Morgan fingerprint density at radius 1 is 1.35 bits per heavy atom. The van der Waals surface area contributed by atoms with Gasteiger partial charge in [-0.15, -0.1) is 0 Å². The van der Waals surface area contributed by atoms with Crippen LogP contribution >= 0.6 is 15.9 Å². The molecule has 1 aliphatic heterocycles. The highest BCUT2D eigenvalue weighted by atomic mass is 79.9. The lowest BCUT2D eigenvalue weighted by Crippen LogP contribution is -2.44. The summed E-state index contributed by atoms with van der Waals surface area (Å²) in [7, 11) is 0. The van der Waals surface area contributed by atoms with Crippen molar-refractivity contribution < 1.29 is 4.39 Å². The molecule has 2 nitrogen and oxygen atoms in total. The molecular weight excluding hydrogens is 283 g/mol. The summed E-state index contributed by atoms with van der Waals surface area (Å²) in [5, 5.41) is 3.32. The minimum Gasteiger partial charge on any atom is -0.314 e. The Kier molecular flexibility index (Phi) is 4.54. The maximum absolute atomic E-state index is 14.0. The van der Waals surface area contributed by atoms with Gasteiger partial charge in [0.15, 0.2) is 0 Å². The van der Waals surface area contributed by atoms with Crippen LogP contribution in [0.4, 0.5) is 4.39 Å². The third-order valence-corrected chi connectivity index (χ3v) is 4.17. The predicted octanol–water partition coefficient (Wildman–Crippen LogP) is 2.34. The standard InChI is InChI=1S/C13H18BrFN2/c1-10-12(14)3-2-11(13(10)15)4-7-17-8-5-16-6-9-17/h2-3,16H,4-9H2,1H3. The summed E-state index contributed by atoms with van der Waals surface area (Å²) in [6.07, 6.45) is 0.792. The summed E-state index contributed by atoms with van der Waals surface area (Å²) < 4.78 is 14.8. The van der Waals surface area contributed by atoms with E-state index in [1.54, 1.807) is 0 Å². The van der Waals surface area contributed by atoms with Gasteiger partial charge < -0.3 is 10.2 Å². The number of piperazine rings is 1. The zero-order valence-corrected chi connectivity index (χ0v) is 11.7. The van der Waals surface area contributed by atoms with Crippen molar-refractivity contribution in [3.63, 3.8) is 0 Å². The number of benzene rings is 1. The third-order valence-electron chi connectivity index (χ3n) is 3.31. The van der Waals surface area contributed by atoms with Crippen LogP contribution in [0.15, 0.2) is 16.6 Å². The molecule has 0 aromatic heterocycles. The largest absolute Gasteiger partial charge is 0.314 e. The Morgan fingerprint density at radius 2 is 2.06 bits per heavy atom. The van der Waals surface area contributed by atoms with Gasteiger partial charge in [0.25, 0.3) is 0 Å². The number of rotatable bonds is 3. The minimum atomic E-state index is -0.0606. The molecule has 1 heterocycles. The van der Waals surface area contributed by atoms with Gasteiger partial charge in [-0.2, -0.15) is 0 Å². The van der Waals surface area contributed by atoms with E-state index in [1.165, 1.54) is 0 Å². The fourth-order valence-corrected chi connectivity index (χ4v) is 2.43. The smallest absolute Gasteiger partial charge is 0.130 e. The van der Waals surface area contributed by atoms with Crippen molar-refractivity contribution in [1.82, 2.24) is 10.2 Å². The lowest BCUT2D eigenvalue weighted by atomic mass is 10.1. The third kappa shape index (κ3) is 3.27. The lowest BCUT2D eigenvalue weighted by Gasteiger charge is -2.27. The van der Waals surface area contributed by atoms with E-state index in [-0.39, 0.29) is 5.82 Å². The minimum absolute atomic E-state index is 0.0606. The predicted molar refractivity (Wildman–Crippen MR) is 71.9 cm³/mol. The zero-order chi connectivity index (χ0) is 12.3.